The van der Waals surface area contributed by atoms with Crippen LogP contribution in [0.25, 0.3) is 0 Å². The lowest BCUT2D eigenvalue weighted by Gasteiger charge is -2.21. The largest absolute Gasteiger partial charge is 0.476 e. The maximum atomic E-state index is 14.3. The monoisotopic (exact) mass is 415 g/mol. The Labute approximate surface area is 172 Å². The van der Waals surface area contributed by atoms with Gasteiger partial charge in [0.25, 0.3) is 5.91 Å². The van der Waals surface area contributed by atoms with Gasteiger partial charge in [0.1, 0.15) is 11.9 Å². The first kappa shape index (κ1) is 21.4. The second-order valence-corrected chi connectivity index (χ2v) is 8.06. The Bertz CT molecular complexity index is 1050. The van der Waals surface area contributed by atoms with Gasteiger partial charge < -0.3 is 15.2 Å². The predicted molar refractivity (Wildman–Crippen MR) is 104 cm³/mol. The number of amides is 1. The standard InChI is InChI=1S/C21H22FN3O5/c1-10-11-7-8-14(13(11)6-5-12(10)20(29)30-21(2,3)4)25-18(26)16-15(22)17(19(27)28)24-9-23-16/h5-6,9,14H,7-8H2,1-4H3,(H,25,26)(H,27,28)/t14-/m0/s1. The van der Waals surface area contributed by atoms with Crippen LogP contribution >= 0.6 is 0 Å². The van der Waals surface area contributed by atoms with E-state index in [0.29, 0.717) is 18.4 Å². The molecule has 0 aliphatic heterocycles. The third-order valence-electron chi connectivity index (χ3n) is 4.82. The van der Waals surface area contributed by atoms with Crippen molar-refractivity contribution in [3.8, 4) is 0 Å². The Kier molecular flexibility index (Phi) is 5.56. The van der Waals surface area contributed by atoms with Gasteiger partial charge in [-0.05, 0) is 63.3 Å². The summed E-state index contributed by atoms with van der Waals surface area (Å²) in [6, 6.07) is 2.99. The van der Waals surface area contributed by atoms with Gasteiger partial charge in [0.2, 0.25) is 0 Å². The fraction of sp³-hybridized carbons (Fsp3) is 0.381. The SMILES string of the molecule is Cc1c(C(=O)OC(C)(C)C)ccc2c1CC[C@@H]2NC(=O)c1ncnc(C(=O)O)c1F. The van der Waals surface area contributed by atoms with Gasteiger partial charge in [0.05, 0.1) is 11.6 Å². The van der Waals surface area contributed by atoms with Gasteiger partial charge in [0, 0.05) is 0 Å². The number of carboxylic acids is 1. The molecule has 1 amide bonds. The number of halogens is 1. The smallest absolute Gasteiger partial charge is 0.357 e. The van der Waals surface area contributed by atoms with E-state index >= 15 is 0 Å². The minimum atomic E-state index is -1.58. The van der Waals surface area contributed by atoms with Crippen LogP contribution in [0.2, 0.25) is 0 Å². The normalized spacial score (nSPS) is 15.4. The summed E-state index contributed by atoms with van der Waals surface area (Å²) in [7, 11) is 0. The van der Waals surface area contributed by atoms with Crippen molar-refractivity contribution >= 4 is 17.8 Å². The van der Waals surface area contributed by atoms with E-state index in [9.17, 15) is 18.8 Å². The molecule has 0 unspecified atom stereocenters. The van der Waals surface area contributed by atoms with Crippen molar-refractivity contribution in [2.45, 2.75) is 52.2 Å². The average molecular weight is 415 g/mol. The zero-order valence-electron chi connectivity index (χ0n) is 17.1. The molecule has 1 aromatic carbocycles. The van der Waals surface area contributed by atoms with Crippen LogP contribution in [0, 0.1) is 12.7 Å². The Morgan fingerprint density at radius 1 is 1.20 bits per heavy atom. The third-order valence-corrected chi connectivity index (χ3v) is 4.82. The van der Waals surface area contributed by atoms with E-state index in [0.717, 1.165) is 23.0 Å². The summed E-state index contributed by atoms with van der Waals surface area (Å²) in [5.41, 5.74) is 0.885. The number of hydrogen-bond acceptors (Lipinski definition) is 6. The lowest BCUT2D eigenvalue weighted by Crippen LogP contribution is -2.29. The summed E-state index contributed by atoms with van der Waals surface area (Å²) >= 11 is 0. The number of rotatable bonds is 4. The molecule has 30 heavy (non-hydrogen) atoms. The Morgan fingerprint density at radius 2 is 1.87 bits per heavy atom. The molecule has 1 aliphatic carbocycles. The Hall–Kier alpha value is -3.36. The van der Waals surface area contributed by atoms with Crippen molar-refractivity contribution in [3.63, 3.8) is 0 Å². The molecule has 0 saturated heterocycles. The van der Waals surface area contributed by atoms with E-state index in [-0.39, 0.29) is 0 Å². The van der Waals surface area contributed by atoms with E-state index in [1.165, 1.54) is 0 Å². The molecular formula is C21H22FN3O5. The molecule has 0 spiro atoms. The van der Waals surface area contributed by atoms with Gasteiger partial charge in [-0.2, -0.15) is 0 Å². The minimum absolute atomic E-state index is 0.415. The molecular weight excluding hydrogens is 393 g/mol. The number of benzene rings is 1. The zero-order chi connectivity index (χ0) is 22.2. The van der Waals surface area contributed by atoms with E-state index in [1.54, 1.807) is 32.9 Å². The predicted octanol–water partition coefficient (Wildman–Crippen LogP) is 2.99. The zero-order valence-corrected chi connectivity index (χ0v) is 17.1. The Balaban J connectivity index is 1.84. The second kappa shape index (κ2) is 7.81. The lowest BCUT2D eigenvalue weighted by atomic mass is 9.97. The van der Waals surface area contributed by atoms with Crippen LogP contribution < -0.4 is 5.32 Å². The minimum Gasteiger partial charge on any atom is -0.476 e. The van der Waals surface area contributed by atoms with Crippen LogP contribution in [0.1, 0.15) is 81.3 Å². The first-order valence-corrected chi connectivity index (χ1v) is 9.40. The molecule has 8 nitrogen and oxygen atoms in total. The van der Waals surface area contributed by atoms with Crippen LogP contribution in [0.3, 0.4) is 0 Å². The summed E-state index contributed by atoms with van der Waals surface area (Å²) < 4.78 is 19.7. The highest BCUT2D eigenvalue weighted by molar-refractivity contribution is 5.96. The van der Waals surface area contributed by atoms with E-state index < -0.39 is 46.7 Å². The van der Waals surface area contributed by atoms with Crippen LogP contribution in [-0.4, -0.2) is 38.5 Å². The van der Waals surface area contributed by atoms with Crippen LogP contribution in [0.15, 0.2) is 18.5 Å². The van der Waals surface area contributed by atoms with Crippen molar-refractivity contribution < 1.29 is 28.6 Å². The van der Waals surface area contributed by atoms with Crippen LogP contribution in [0.4, 0.5) is 4.39 Å². The van der Waals surface area contributed by atoms with Gasteiger partial charge in [-0.3, -0.25) is 4.79 Å². The average Bonchev–Trinajstić information content (AvgIpc) is 3.04. The highest BCUT2D eigenvalue weighted by Crippen LogP contribution is 2.35. The fourth-order valence-corrected chi connectivity index (χ4v) is 3.49. The number of fused-ring (bicyclic) bond motifs is 1. The molecule has 2 N–H and O–H groups in total. The summed E-state index contributed by atoms with van der Waals surface area (Å²) in [5.74, 6) is -4.11. The van der Waals surface area contributed by atoms with E-state index in [2.05, 4.69) is 15.3 Å². The summed E-state index contributed by atoms with van der Waals surface area (Å²) in [5, 5.41) is 11.7. The van der Waals surface area contributed by atoms with Crippen molar-refractivity contribution in [2.75, 3.05) is 0 Å². The van der Waals surface area contributed by atoms with Crippen LogP contribution in [-0.2, 0) is 11.2 Å². The first-order chi connectivity index (χ1) is 14.0. The molecule has 0 bridgehead atoms. The number of esters is 1. The number of carbonyl (C=O) groups is 3. The molecule has 0 fully saturated rings. The van der Waals surface area contributed by atoms with Gasteiger partial charge >= 0.3 is 11.9 Å². The van der Waals surface area contributed by atoms with Crippen molar-refractivity contribution in [2.24, 2.45) is 0 Å². The lowest BCUT2D eigenvalue weighted by molar-refractivity contribution is 0.00682. The first-order valence-electron chi connectivity index (χ1n) is 9.40. The van der Waals surface area contributed by atoms with Gasteiger partial charge in [-0.25, -0.2) is 23.9 Å². The number of aromatic nitrogens is 2. The molecule has 2 aromatic rings. The molecule has 1 heterocycles. The number of nitrogens with zero attached hydrogens (tertiary/aromatic N) is 2. The summed E-state index contributed by atoms with van der Waals surface area (Å²) in [4.78, 5) is 42.9. The number of aromatic carboxylic acids is 1. The second-order valence-electron chi connectivity index (χ2n) is 8.06. The molecule has 0 radical (unpaired) electrons. The molecule has 1 aliphatic rings. The maximum Gasteiger partial charge on any atom is 0.357 e. The molecule has 158 valence electrons. The molecule has 3 rings (SSSR count). The molecule has 9 heteroatoms. The number of nitrogens with one attached hydrogen (secondary N) is 1. The topological polar surface area (TPSA) is 118 Å². The van der Waals surface area contributed by atoms with E-state index in [1.807, 2.05) is 6.92 Å². The molecule has 1 aromatic heterocycles. The number of ether oxygens (including phenoxy) is 1. The quantitative estimate of drug-likeness (QED) is 0.737. The number of carbonyl (C=O) groups excluding carboxylic acids is 2. The highest BCUT2D eigenvalue weighted by Gasteiger charge is 2.30. The van der Waals surface area contributed by atoms with Gasteiger partial charge in [-0.15, -0.1) is 0 Å². The molecule has 0 saturated carbocycles. The van der Waals surface area contributed by atoms with Gasteiger partial charge in [-0.1, -0.05) is 6.07 Å². The Morgan fingerprint density at radius 3 is 2.50 bits per heavy atom. The third kappa shape index (κ3) is 4.14. The van der Waals surface area contributed by atoms with E-state index in [4.69, 9.17) is 9.84 Å². The summed E-state index contributed by atoms with van der Waals surface area (Å²) in [6.07, 6.45) is 2.01. The number of carboxylic acid groups (broad SMARTS) is 1. The van der Waals surface area contributed by atoms with Crippen LogP contribution in [0.5, 0.6) is 0 Å². The van der Waals surface area contributed by atoms with Gasteiger partial charge in [0.15, 0.2) is 17.2 Å². The summed E-state index contributed by atoms with van der Waals surface area (Å²) in [6.45, 7) is 7.20. The highest BCUT2D eigenvalue weighted by atomic mass is 19.1. The van der Waals surface area contributed by atoms with Crippen molar-refractivity contribution in [3.05, 3.63) is 57.9 Å². The maximum absolute atomic E-state index is 14.3. The van der Waals surface area contributed by atoms with Crippen molar-refractivity contribution in [1.82, 2.24) is 15.3 Å². The fourth-order valence-electron chi connectivity index (χ4n) is 3.49. The van der Waals surface area contributed by atoms with Crippen molar-refractivity contribution in [1.29, 1.82) is 0 Å². The molecule has 1 atom stereocenters. The number of hydrogen-bond donors (Lipinski definition) is 2.